The van der Waals surface area contributed by atoms with E-state index in [1.807, 2.05) is 42.6 Å². The molecule has 0 radical (unpaired) electrons. The number of ether oxygens (including phenoxy) is 1. The fourth-order valence-corrected chi connectivity index (χ4v) is 3.53. The summed E-state index contributed by atoms with van der Waals surface area (Å²) in [5, 5.41) is 3.03. The highest BCUT2D eigenvalue weighted by Gasteiger charge is 2.44. The van der Waals surface area contributed by atoms with Crippen molar-refractivity contribution in [2.75, 3.05) is 5.32 Å². The van der Waals surface area contributed by atoms with Crippen molar-refractivity contribution in [3.8, 4) is 5.75 Å². The molecule has 2 atom stereocenters. The molecule has 0 saturated heterocycles. The number of hydrogen-bond acceptors (Lipinski definition) is 3. The Morgan fingerprint density at radius 1 is 1.17 bits per heavy atom. The maximum Gasteiger partial charge on any atom is 0.228 e. The smallest absolute Gasteiger partial charge is 0.228 e. The summed E-state index contributed by atoms with van der Waals surface area (Å²) >= 11 is 0. The molecule has 2 aliphatic carbocycles. The van der Waals surface area contributed by atoms with E-state index in [0.29, 0.717) is 12.0 Å². The van der Waals surface area contributed by atoms with Gasteiger partial charge < -0.3 is 10.1 Å². The molecule has 0 unspecified atom stereocenters. The molecule has 2 fully saturated rings. The Morgan fingerprint density at radius 3 is 2.83 bits per heavy atom. The Kier molecular flexibility index (Phi) is 4.20. The van der Waals surface area contributed by atoms with Gasteiger partial charge in [-0.3, -0.25) is 9.78 Å². The molecule has 1 aromatic heterocycles. The molecule has 4 heteroatoms. The molecule has 124 valence electrons. The minimum absolute atomic E-state index is 0.0496. The topological polar surface area (TPSA) is 51.2 Å². The lowest BCUT2D eigenvalue weighted by Gasteiger charge is -2.14. The van der Waals surface area contributed by atoms with Crippen LogP contribution in [0.25, 0.3) is 0 Å². The molecule has 4 nitrogen and oxygen atoms in total. The van der Waals surface area contributed by atoms with Crippen LogP contribution in [0.15, 0.2) is 48.8 Å². The zero-order chi connectivity index (χ0) is 16.4. The van der Waals surface area contributed by atoms with Gasteiger partial charge in [0.05, 0.1) is 6.10 Å². The Hall–Kier alpha value is -2.36. The lowest BCUT2D eigenvalue weighted by Crippen LogP contribution is -2.15. The number of amides is 1. The van der Waals surface area contributed by atoms with Crippen molar-refractivity contribution < 1.29 is 9.53 Å². The number of hydrogen-bond donors (Lipinski definition) is 1. The molecule has 2 aliphatic rings. The van der Waals surface area contributed by atoms with Crippen molar-refractivity contribution >= 4 is 11.6 Å². The second-order valence-corrected chi connectivity index (χ2v) is 6.78. The van der Waals surface area contributed by atoms with Gasteiger partial charge in [-0.05, 0) is 61.8 Å². The van der Waals surface area contributed by atoms with Gasteiger partial charge in [0.2, 0.25) is 5.91 Å². The monoisotopic (exact) mass is 322 g/mol. The molecule has 2 saturated carbocycles. The van der Waals surface area contributed by atoms with Crippen LogP contribution in [0, 0.1) is 5.92 Å². The van der Waals surface area contributed by atoms with Gasteiger partial charge in [0.15, 0.2) is 0 Å². The highest BCUT2D eigenvalue weighted by atomic mass is 16.5. The molecular formula is C20H22N2O2. The average molecular weight is 322 g/mol. The van der Waals surface area contributed by atoms with Gasteiger partial charge in [-0.15, -0.1) is 0 Å². The zero-order valence-electron chi connectivity index (χ0n) is 13.7. The summed E-state index contributed by atoms with van der Waals surface area (Å²) in [6, 6.07) is 11.7. The van der Waals surface area contributed by atoms with Crippen molar-refractivity contribution in [2.45, 2.75) is 44.1 Å². The maximum absolute atomic E-state index is 12.4. The van der Waals surface area contributed by atoms with Crippen LogP contribution < -0.4 is 10.1 Å². The first-order valence-corrected chi connectivity index (χ1v) is 8.77. The van der Waals surface area contributed by atoms with Gasteiger partial charge in [0.1, 0.15) is 5.75 Å². The Labute approximate surface area is 142 Å². The number of benzene rings is 1. The Balaban J connectivity index is 1.36. The molecule has 0 spiro atoms. The maximum atomic E-state index is 12.4. The van der Waals surface area contributed by atoms with Crippen molar-refractivity contribution in [1.82, 2.24) is 4.98 Å². The minimum atomic E-state index is 0.0496. The van der Waals surface area contributed by atoms with Gasteiger partial charge in [0.25, 0.3) is 0 Å². The van der Waals surface area contributed by atoms with E-state index in [1.165, 1.54) is 12.8 Å². The first kappa shape index (κ1) is 15.2. The number of nitrogens with one attached hydrogen (secondary N) is 1. The molecule has 0 bridgehead atoms. The minimum Gasteiger partial charge on any atom is -0.490 e. The lowest BCUT2D eigenvalue weighted by molar-refractivity contribution is -0.117. The fraction of sp³-hybridized carbons (Fsp3) is 0.400. The largest absolute Gasteiger partial charge is 0.490 e. The second-order valence-electron chi connectivity index (χ2n) is 6.78. The Morgan fingerprint density at radius 2 is 2.04 bits per heavy atom. The third-order valence-corrected chi connectivity index (χ3v) is 4.95. The van der Waals surface area contributed by atoms with Crippen LogP contribution in [0.3, 0.4) is 0 Å². The number of anilines is 1. The summed E-state index contributed by atoms with van der Waals surface area (Å²) in [5.41, 5.74) is 1.96. The summed E-state index contributed by atoms with van der Waals surface area (Å²) in [7, 11) is 0. The van der Waals surface area contributed by atoms with E-state index >= 15 is 0 Å². The van der Waals surface area contributed by atoms with E-state index in [4.69, 9.17) is 4.74 Å². The van der Waals surface area contributed by atoms with Crippen LogP contribution in [0.2, 0.25) is 0 Å². The Bertz CT molecular complexity index is 711. The summed E-state index contributed by atoms with van der Waals surface area (Å²) < 4.78 is 6.00. The van der Waals surface area contributed by atoms with Gasteiger partial charge >= 0.3 is 0 Å². The van der Waals surface area contributed by atoms with Gasteiger partial charge in [-0.2, -0.15) is 0 Å². The standard InChI is InChI=1S/C20H22N2O2/c23-20(19-12-18(19)14-5-4-10-21-13-14)22-15-6-3-9-17(11-15)24-16-7-1-2-8-16/h3-6,9-11,13,16,18-19H,1-2,7-8,12H2,(H,22,23)/t18-,19+/m0/s1. The molecule has 1 amide bonds. The van der Waals surface area contributed by atoms with E-state index in [1.54, 1.807) is 6.20 Å². The van der Waals surface area contributed by atoms with Gasteiger partial charge in [0, 0.05) is 30.1 Å². The highest BCUT2D eigenvalue weighted by molar-refractivity contribution is 5.95. The number of carbonyl (C=O) groups is 1. The van der Waals surface area contributed by atoms with Crippen molar-refractivity contribution in [1.29, 1.82) is 0 Å². The number of nitrogens with zero attached hydrogens (tertiary/aromatic N) is 1. The molecule has 0 aliphatic heterocycles. The van der Waals surface area contributed by atoms with Gasteiger partial charge in [-0.1, -0.05) is 12.1 Å². The number of rotatable bonds is 5. The second kappa shape index (κ2) is 6.63. The summed E-state index contributed by atoms with van der Waals surface area (Å²) in [6.45, 7) is 0. The predicted octanol–water partition coefficient (Wildman–Crippen LogP) is 4.15. The third-order valence-electron chi connectivity index (χ3n) is 4.95. The van der Waals surface area contributed by atoms with E-state index in [0.717, 1.165) is 36.3 Å². The van der Waals surface area contributed by atoms with Crippen LogP contribution >= 0.6 is 0 Å². The van der Waals surface area contributed by atoms with E-state index in [2.05, 4.69) is 10.3 Å². The molecule has 2 aromatic rings. The number of carbonyl (C=O) groups excluding carboxylic acids is 1. The molecule has 1 N–H and O–H groups in total. The molecule has 1 heterocycles. The SMILES string of the molecule is O=C(Nc1cccc(OC2CCCC2)c1)[C@@H]1C[C@H]1c1cccnc1. The van der Waals surface area contributed by atoms with Crippen LogP contribution in [-0.2, 0) is 4.79 Å². The predicted molar refractivity (Wildman–Crippen MR) is 93.0 cm³/mol. The van der Waals surface area contributed by atoms with Crippen LogP contribution in [0.4, 0.5) is 5.69 Å². The van der Waals surface area contributed by atoms with Crippen LogP contribution in [0.5, 0.6) is 5.75 Å². The normalized spacial score (nSPS) is 23.0. The zero-order valence-corrected chi connectivity index (χ0v) is 13.7. The molecule has 4 rings (SSSR count). The van der Waals surface area contributed by atoms with E-state index < -0.39 is 0 Å². The van der Waals surface area contributed by atoms with E-state index in [-0.39, 0.29) is 11.8 Å². The molecular weight excluding hydrogens is 300 g/mol. The first-order valence-electron chi connectivity index (χ1n) is 8.77. The summed E-state index contributed by atoms with van der Waals surface area (Å²) in [6.07, 6.45) is 9.60. The quantitative estimate of drug-likeness (QED) is 0.900. The fourth-order valence-electron chi connectivity index (χ4n) is 3.53. The highest BCUT2D eigenvalue weighted by Crippen LogP contribution is 2.47. The number of aromatic nitrogens is 1. The average Bonchev–Trinajstić information content (AvgIpc) is 3.26. The van der Waals surface area contributed by atoms with Crippen molar-refractivity contribution in [2.24, 2.45) is 5.92 Å². The summed E-state index contributed by atoms with van der Waals surface area (Å²) in [4.78, 5) is 16.6. The lowest BCUT2D eigenvalue weighted by atomic mass is 10.1. The van der Waals surface area contributed by atoms with E-state index in [9.17, 15) is 4.79 Å². The summed E-state index contributed by atoms with van der Waals surface area (Å²) in [5.74, 6) is 1.28. The van der Waals surface area contributed by atoms with Crippen molar-refractivity contribution in [3.05, 3.63) is 54.4 Å². The van der Waals surface area contributed by atoms with Gasteiger partial charge in [-0.25, -0.2) is 0 Å². The first-order chi connectivity index (χ1) is 11.8. The molecule has 24 heavy (non-hydrogen) atoms. The third kappa shape index (κ3) is 3.42. The van der Waals surface area contributed by atoms with Crippen molar-refractivity contribution in [3.63, 3.8) is 0 Å². The van der Waals surface area contributed by atoms with Crippen LogP contribution in [-0.4, -0.2) is 17.0 Å². The van der Waals surface area contributed by atoms with Crippen LogP contribution in [0.1, 0.15) is 43.6 Å². The molecule has 1 aromatic carbocycles. The number of pyridine rings is 1.